The zero-order valence-electron chi connectivity index (χ0n) is 23.6. The number of ether oxygens (including phenoxy) is 4. The molecule has 0 aromatic heterocycles. The molecule has 0 spiro atoms. The van der Waals surface area contributed by atoms with Crippen LogP contribution in [0.3, 0.4) is 0 Å². The van der Waals surface area contributed by atoms with Gasteiger partial charge in [0.25, 0.3) is 0 Å². The smallest absolute Gasteiger partial charge is 0.415 e. The first-order chi connectivity index (χ1) is 20.2. The predicted molar refractivity (Wildman–Crippen MR) is 150 cm³/mol. The highest BCUT2D eigenvalue weighted by Crippen LogP contribution is 2.19. The fourth-order valence-electron chi connectivity index (χ4n) is 4.25. The fraction of sp³-hybridized carbons (Fsp3) is 0.400. The van der Waals surface area contributed by atoms with Gasteiger partial charge in [-0.15, -0.1) is 0 Å². The Morgan fingerprint density at radius 1 is 0.905 bits per heavy atom. The van der Waals surface area contributed by atoms with E-state index in [4.69, 9.17) is 24.4 Å². The van der Waals surface area contributed by atoms with Crippen molar-refractivity contribution in [1.29, 1.82) is 5.41 Å². The van der Waals surface area contributed by atoms with Crippen LogP contribution in [-0.4, -0.2) is 79.7 Å². The molecule has 12 heteroatoms. The van der Waals surface area contributed by atoms with E-state index < -0.39 is 30.7 Å². The summed E-state index contributed by atoms with van der Waals surface area (Å²) in [6.45, 7) is 3.95. The molecule has 2 aromatic rings. The molecule has 1 aliphatic rings. The molecule has 1 aliphatic heterocycles. The highest BCUT2D eigenvalue weighted by atomic mass is 16.7. The van der Waals surface area contributed by atoms with Gasteiger partial charge in [-0.2, -0.15) is 0 Å². The molecule has 2 N–H and O–H groups in total. The number of amidine groups is 1. The quantitative estimate of drug-likeness (QED) is 0.126. The van der Waals surface area contributed by atoms with Gasteiger partial charge in [-0.3, -0.25) is 20.3 Å². The van der Waals surface area contributed by atoms with Crippen molar-refractivity contribution in [2.45, 2.75) is 39.2 Å². The lowest BCUT2D eigenvalue weighted by atomic mass is 9.96. The van der Waals surface area contributed by atoms with Crippen molar-refractivity contribution in [2.24, 2.45) is 5.92 Å². The first kappa shape index (κ1) is 31.9. The maximum atomic E-state index is 12.9. The summed E-state index contributed by atoms with van der Waals surface area (Å²) in [6.07, 6.45) is 0.102. The summed E-state index contributed by atoms with van der Waals surface area (Å²) < 4.78 is 20.1. The van der Waals surface area contributed by atoms with Crippen LogP contribution in [0.5, 0.6) is 0 Å². The molecule has 0 radical (unpaired) electrons. The van der Waals surface area contributed by atoms with Gasteiger partial charge in [-0.25, -0.2) is 14.4 Å². The number of alkyl carbamates (subject to hydrolysis) is 1. The number of esters is 2. The summed E-state index contributed by atoms with van der Waals surface area (Å²) in [4.78, 5) is 62.7. The Hall–Kier alpha value is -4.58. The van der Waals surface area contributed by atoms with E-state index in [1.54, 1.807) is 49.1 Å². The SMILES string of the molecule is CCOC(=O)COC1CCN(C(=O)[C@H](C)CC(=O)c2ccc(C(=N)NC(=O)OCOC(=O)c3ccccc3)cc2)CC1. The zero-order chi connectivity index (χ0) is 30.5. The lowest BCUT2D eigenvalue weighted by Gasteiger charge is -2.33. The Balaban J connectivity index is 1.39. The van der Waals surface area contributed by atoms with E-state index in [-0.39, 0.29) is 36.7 Å². The second-order valence-corrected chi connectivity index (χ2v) is 9.59. The lowest BCUT2D eigenvalue weighted by molar-refractivity contribution is -0.152. The van der Waals surface area contributed by atoms with Crippen LogP contribution in [-0.2, 0) is 28.5 Å². The molecule has 2 aromatic carbocycles. The summed E-state index contributed by atoms with van der Waals surface area (Å²) in [5.41, 5.74) is 0.997. The number of hydrogen-bond acceptors (Lipinski definition) is 10. The van der Waals surface area contributed by atoms with Crippen LogP contribution in [0.15, 0.2) is 54.6 Å². The maximum Gasteiger partial charge on any atom is 0.415 e. The molecule has 0 aliphatic carbocycles. The minimum absolute atomic E-state index is 0.0151. The molecule has 1 saturated heterocycles. The molecule has 12 nitrogen and oxygen atoms in total. The van der Waals surface area contributed by atoms with E-state index in [0.29, 0.717) is 49.2 Å². The molecule has 42 heavy (non-hydrogen) atoms. The molecular formula is C30H35N3O9. The highest BCUT2D eigenvalue weighted by Gasteiger charge is 2.28. The zero-order valence-corrected chi connectivity index (χ0v) is 23.6. The Bertz CT molecular complexity index is 1260. The van der Waals surface area contributed by atoms with Crippen LogP contribution in [0, 0.1) is 11.3 Å². The normalized spacial score (nSPS) is 13.9. The number of ketones is 1. The number of nitrogens with one attached hydrogen (secondary N) is 2. The summed E-state index contributed by atoms with van der Waals surface area (Å²) in [5, 5.41) is 10.3. The van der Waals surface area contributed by atoms with Gasteiger partial charge >= 0.3 is 18.0 Å². The first-order valence-corrected chi connectivity index (χ1v) is 13.6. The van der Waals surface area contributed by atoms with Crippen LogP contribution in [0.2, 0.25) is 0 Å². The lowest BCUT2D eigenvalue weighted by Crippen LogP contribution is -2.43. The number of Topliss-reactive ketones (excluding diaryl/α,β-unsaturated/α-hetero) is 1. The van der Waals surface area contributed by atoms with Crippen molar-refractivity contribution < 1.29 is 42.9 Å². The molecule has 0 bridgehead atoms. The molecule has 1 heterocycles. The molecule has 0 unspecified atom stereocenters. The minimum Gasteiger partial charge on any atom is -0.464 e. The van der Waals surface area contributed by atoms with Gasteiger partial charge in [-0.05, 0) is 31.9 Å². The van der Waals surface area contributed by atoms with E-state index in [1.165, 1.54) is 24.3 Å². The number of nitrogens with zero attached hydrogens (tertiary/aromatic N) is 1. The monoisotopic (exact) mass is 581 g/mol. The van der Waals surface area contributed by atoms with Gasteiger partial charge in [-0.1, -0.05) is 49.4 Å². The van der Waals surface area contributed by atoms with Gasteiger partial charge in [0.1, 0.15) is 12.4 Å². The van der Waals surface area contributed by atoms with Crippen molar-refractivity contribution >= 4 is 35.6 Å². The molecule has 1 atom stereocenters. The van der Waals surface area contributed by atoms with E-state index in [9.17, 15) is 24.0 Å². The van der Waals surface area contributed by atoms with Gasteiger partial charge < -0.3 is 23.8 Å². The van der Waals surface area contributed by atoms with E-state index in [0.717, 1.165) is 0 Å². The Morgan fingerprint density at radius 2 is 1.55 bits per heavy atom. The molecule has 224 valence electrons. The van der Waals surface area contributed by atoms with Crippen LogP contribution in [0.1, 0.15) is 59.4 Å². The fourth-order valence-corrected chi connectivity index (χ4v) is 4.25. The summed E-state index contributed by atoms with van der Waals surface area (Å²) in [6, 6.07) is 14.2. The largest absolute Gasteiger partial charge is 0.464 e. The van der Waals surface area contributed by atoms with Gasteiger partial charge in [0.2, 0.25) is 12.7 Å². The Morgan fingerprint density at radius 3 is 2.19 bits per heavy atom. The van der Waals surface area contributed by atoms with Crippen LogP contribution >= 0.6 is 0 Å². The van der Waals surface area contributed by atoms with Crippen molar-refractivity contribution in [3.63, 3.8) is 0 Å². The third-order valence-electron chi connectivity index (χ3n) is 6.52. The summed E-state index contributed by atoms with van der Waals surface area (Å²) >= 11 is 0. The van der Waals surface area contributed by atoms with Crippen LogP contribution < -0.4 is 5.32 Å². The topological polar surface area (TPSA) is 161 Å². The Labute approximate surface area is 243 Å². The molecule has 0 saturated carbocycles. The number of likely N-dealkylation sites (tertiary alicyclic amines) is 1. The second kappa shape index (κ2) is 16.0. The molecule has 1 fully saturated rings. The minimum atomic E-state index is -0.983. The number of carbonyl (C=O) groups excluding carboxylic acids is 5. The maximum absolute atomic E-state index is 12.9. The molecule has 3 rings (SSSR count). The van der Waals surface area contributed by atoms with E-state index >= 15 is 0 Å². The van der Waals surface area contributed by atoms with Crippen LogP contribution in [0.4, 0.5) is 4.79 Å². The van der Waals surface area contributed by atoms with E-state index in [2.05, 4.69) is 5.32 Å². The van der Waals surface area contributed by atoms with Crippen molar-refractivity contribution in [1.82, 2.24) is 10.2 Å². The average Bonchev–Trinajstić information content (AvgIpc) is 3.00. The van der Waals surface area contributed by atoms with Gasteiger partial charge in [0.05, 0.1) is 18.3 Å². The number of benzene rings is 2. The highest BCUT2D eigenvalue weighted by molar-refractivity contribution is 6.05. The number of rotatable bonds is 12. The molecular weight excluding hydrogens is 546 g/mol. The van der Waals surface area contributed by atoms with Crippen LogP contribution in [0.25, 0.3) is 0 Å². The third kappa shape index (κ3) is 9.81. The summed E-state index contributed by atoms with van der Waals surface area (Å²) in [5.74, 6) is -2.22. The van der Waals surface area contributed by atoms with Crippen molar-refractivity contribution in [3.8, 4) is 0 Å². The Kier molecular flexibility index (Phi) is 12.2. The molecule has 2 amide bonds. The summed E-state index contributed by atoms with van der Waals surface area (Å²) in [7, 11) is 0. The van der Waals surface area contributed by atoms with Crippen molar-refractivity contribution in [2.75, 3.05) is 33.1 Å². The predicted octanol–water partition coefficient (Wildman–Crippen LogP) is 3.33. The van der Waals surface area contributed by atoms with Gasteiger partial charge in [0, 0.05) is 36.6 Å². The first-order valence-electron chi connectivity index (χ1n) is 13.6. The average molecular weight is 582 g/mol. The number of hydrogen-bond donors (Lipinski definition) is 2. The van der Waals surface area contributed by atoms with E-state index in [1.807, 2.05) is 0 Å². The number of amides is 2. The number of piperidine rings is 1. The third-order valence-corrected chi connectivity index (χ3v) is 6.52. The van der Waals surface area contributed by atoms with Gasteiger partial charge in [0.15, 0.2) is 5.78 Å². The number of carbonyl (C=O) groups is 5. The standard InChI is InChI=1S/C30H35N3O9/c1-3-39-26(35)18-40-24-13-15-33(16-14-24)28(36)20(2)17-25(34)21-9-11-22(12-10-21)27(31)32-30(38)42-19-41-29(37)23-7-5-4-6-8-23/h4-12,20,24H,3,13-19H2,1-2H3,(H2,31,32,38)/t20-/m1/s1. The van der Waals surface area contributed by atoms with Crippen molar-refractivity contribution in [3.05, 3.63) is 71.3 Å². The second-order valence-electron chi connectivity index (χ2n) is 9.59.